The topological polar surface area (TPSA) is 90.9 Å². The third-order valence-electron chi connectivity index (χ3n) is 4.44. The van der Waals surface area contributed by atoms with Gasteiger partial charge < -0.3 is 15.4 Å². The third kappa shape index (κ3) is 3.24. The first-order valence-electron chi connectivity index (χ1n) is 7.54. The summed E-state index contributed by atoms with van der Waals surface area (Å²) in [5, 5.41) is 11.8. The number of rotatable bonds is 3. The van der Waals surface area contributed by atoms with Crippen molar-refractivity contribution in [2.45, 2.75) is 38.6 Å². The molecule has 1 aliphatic rings. The molecule has 118 valence electrons. The van der Waals surface area contributed by atoms with Crippen molar-refractivity contribution in [3.05, 3.63) is 22.6 Å². The van der Waals surface area contributed by atoms with Crippen LogP contribution in [0, 0.1) is 11.8 Å². The largest absolute Gasteiger partial charge is 0.465 e. The van der Waals surface area contributed by atoms with E-state index in [0.29, 0.717) is 16.1 Å². The van der Waals surface area contributed by atoms with Crippen LogP contribution in [-0.2, 0) is 0 Å². The third-order valence-corrected chi connectivity index (χ3v) is 4.88. The van der Waals surface area contributed by atoms with Gasteiger partial charge in [0, 0.05) is 0 Å². The number of aromatic amines is 1. The summed E-state index contributed by atoms with van der Waals surface area (Å²) in [4.78, 5) is 23.2. The number of carboxylic acid groups (broad SMARTS) is 1. The van der Waals surface area contributed by atoms with Crippen LogP contribution in [-0.4, -0.2) is 26.2 Å². The lowest BCUT2D eigenvalue weighted by atomic mass is 9.79. The molecular weight excluding hydrogens is 348 g/mol. The highest BCUT2D eigenvalue weighted by atomic mass is 79.9. The van der Waals surface area contributed by atoms with Crippen LogP contribution in [0.5, 0.6) is 0 Å². The summed E-state index contributed by atoms with van der Waals surface area (Å²) in [6.45, 7) is 2.25. The Kier molecular flexibility index (Phi) is 4.33. The van der Waals surface area contributed by atoms with E-state index >= 15 is 0 Å². The van der Waals surface area contributed by atoms with E-state index < -0.39 is 6.09 Å². The predicted molar refractivity (Wildman–Crippen MR) is 86.6 cm³/mol. The number of imidazole rings is 1. The zero-order valence-electron chi connectivity index (χ0n) is 12.3. The van der Waals surface area contributed by atoms with Gasteiger partial charge in [-0.1, -0.05) is 19.8 Å². The molecule has 3 N–H and O–H groups in total. The molecule has 2 aromatic rings. The summed E-state index contributed by atoms with van der Waals surface area (Å²) in [5.74, 6) is 1.65. The molecule has 1 amide bonds. The van der Waals surface area contributed by atoms with Gasteiger partial charge in [0.05, 0.1) is 11.6 Å². The molecule has 1 fully saturated rings. The Morgan fingerprint density at radius 2 is 2.09 bits per heavy atom. The Bertz CT molecular complexity index is 679. The SMILES string of the molecule is CC1CCC([C@H](NC(=O)O)c2nc3nc(Br)ccc3[nH]2)CC1. The Hall–Kier alpha value is -1.63. The molecule has 0 spiro atoms. The highest BCUT2D eigenvalue weighted by Gasteiger charge is 2.30. The molecule has 1 atom stereocenters. The predicted octanol–water partition coefficient (Wildman–Crippen LogP) is 3.86. The molecule has 0 aromatic carbocycles. The van der Waals surface area contributed by atoms with Gasteiger partial charge in [-0.05, 0) is 52.7 Å². The van der Waals surface area contributed by atoms with Crippen LogP contribution in [0.25, 0.3) is 11.2 Å². The molecule has 3 rings (SSSR count). The minimum atomic E-state index is -1.02. The number of H-pyrrole nitrogens is 1. The van der Waals surface area contributed by atoms with E-state index in [9.17, 15) is 9.90 Å². The molecule has 2 heterocycles. The lowest BCUT2D eigenvalue weighted by Crippen LogP contribution is -2.34. The first-order valence-corrected chi connectivity index (χ1v) is 8.34. The van der Waals surface area contributed by atoms with Crippen molar-refractivity contribution >= 4 is 33.2 Å². The van der Waals surface area contributed by atoms with Crippen LogP contribution < -0.4 is 5.32 Å². The summed E-state index contributed by atoms with van der Waals surface area (Å²) < 4.78 is 0.715. The molecule has 7 heteroatoms. The van der Waals surface area contributed by atoms with Gasteiger partial charge in [-0.2, -0.15) is 0 Å². The van der Waals surface area contributed by atoms with Crippen molar-refractivity contribution in [3.8, 4) is 0 Å². The van der Waals surface area contributed by atoms with E-state index in [4.69, 9.17) is 0 Å². The first-order chi connectivity index (χ1) is 10.5. The second-order valence-electron chi connectivity index (χ2n) is 6.07. The van der Waals surface area contributed by atoms with Crippen LogP contribution in [0.15, 0.2) is 16.7 Å². The molecule has 6 nitrogen and oxygen atoms in total. The molecule has 2 aromatic heterocycles. The van der Waals surface area contributed by atoms with Gasteiger partial charge in [0.2, 0.25) is 0 Å². The number of halogens is 1. The highest BCUT2D eigenvalue weighted by molar-refractivity contribution is 9.10. The van der Waals surface area contributed by atoms with Gasteiger partial charge in [0.1, 0.15) is 10.4 Å². The fraction of sp³-hybridized carbons (Fsp3) is 0.533. The maximum atomic E-state index is 11.2. The molecule has 22 heavy (non-hydrogen) atoms. The van der Waals surface area contributed by atoms with E-state index in [2.05, 4.69) is 43.1 Å². The summed E-state index contributed by atoms with van der Waals surface area (Å²) in [6, 6.07) is 3.42. The van der Waals surface area contributed by atoms with E-state index in [1.807, 2.05) is 12.1 Å². The fourth-order valence-electron chi connectivity index (χ4n) is 3.20. The number of hydrogen-bond donors (Lipinski definition) is 3. The van der Waals surface area contributed by atoms with Gasteiger partial charge in [-0.15, -0.1) is 0 Å². The summed E-state index contributed by atoms with van der Waals surface area (Å²) in [6.07, 6.45) is 3.28. The molecule has 0 radical (unpaired) electrons. The number of nitrogens with zero attached hydrogens (tertiary/aromatic N) is 2. The van der Waals surface area contributed by atoms with Gasteiger partial charge in [-0.3, -0.25) is 0 Å². The van der Waals surface area contributed by atoms with Crippen LogP contribution in [0.4, 0.5) is 4.79 Å². The van der Waals surface area contributed by atoms with Crippen LogP contribution in [0.2, 0.25) is 0 Å². The van der Waals surface area contributed by atoms with Crippen molar-refractivity contribution in [1.82, 2.24) is 20.3 Å². The molecule has 1 aliphatic carbocycles. The van der Waals surface area contributed by atoms with Gasteiger partial charge in [-0.25, -0.2) is 14.8 Å². The zero-order chi connectivity index (χ0) is 15.7. The Balaban J connectivity index is 1.91. The second kappa shape index (κ2) is 6.24. The van der Waals surface area contributed by atoms with Crippen LogP contribution >= 0.6 is 15.9 Å². The summed E-state index contributed by atoms with van der Waals surface area (Å²) in [7, 11) is 0. The molecule has 0 unspecified atom stereocenters. The smallest absolute Gasteiger partial charge is 0.405 e. The molecular formula is C15H19BrN4O2. The minimum Gasteiger partial charge on any atom is -0.465 e. The molecule has 0 bridgehead atoms. The summed E-state index contributed by atoms with van der Waals surface area (Å²) in [5.41, 5.74) is 1.42. The molecule has 1 saturated carbocycles. The van der Waals surface area contributed by atoms with E-state index in [0.717, 1.165) is 37.1 Å². The van der Waals surface area contributed by atoms with Crippen molar-refractivity contribution < 1.29 is 9.90 Å². The number of amides is 1. The second-order valence-corrected chi connectivity index (χ2v) is 6.89. The average molecular weight is 367 g/mol. The standard InChI is InChI=1S/C15H19BrN4O2/c1-8-2-4-9(5-3-8)12(19-15(21)22)14-17-10-6-7-11(16)18-13(10)20-14/h6-9,12,19H,2-5H2,1H3,(H,21,22)(H,17,18,20)/t8?,9?,12-/m0/s1. The number of carbonyl (C=O) groups is 1. The average Bonchev–Trinajstić information content (AvgIpc) is 2.88. The van der Waals surface area contributed by atoms with E-state index in [1.165, 1.54) is 0 Å². The lowest BCUT2D eigenvalue weighted by molar-refractivity contribution is 0.172. The van der Waals surface area contributed by atoms with Crippen molar-refractivity contribution in [2.24, 2.45) is 11.8 Å². The van der Waals surface area contributed by atoms with Gasteiger partial charge in [0.25, 0.3) is 0 Å². The molecule has 0 saturated heterocycles. The Morgan fingerprint density at radius 1 is 1.36 bits per heavy atom. The molecule has 0 aliphatic heterocycles. The fourth-order valence-corrected chi connectivity index (χ4v) is 3.50. The maximum Gasteiger partial charge on any atom is 0.405 e. The van der Waals surface area contributed by atoms with Crippen LogP contribution in [0.1, 0.15) is 44.5 Å². The van der Waals surface area contributed by atoms with E-state index in [1.54, 1.807) is 0 Å². The lowest BCUT2D eigenvalue weighted by Gasteiger charge is -2.31. The summed E-state index contributed by atoms with van der Waals surface area (Å²) >= 11 is 3.33. The highest BCUT2D eigenvalue weighted by Crippen LogP contribution is 2.36. The quantitative estimate of drug-likeness (QED) is 0.719. The Morgan fingerprint density at radius 3 is 2.77 bits per heavy atom. The number of pyridine rings is 1. The Labute approximate surface area is 136 Å². The van der Waals surface area contributed by atoms with Crippen molar-refractivity contribution in [2.75, 3.05) is 0 Å². The number of nitrogens with one attached hydrogen (secondary N) is 2. The van der Waals surface area contributed by atoms with Crippen molar-refractivity contribution in [3.63, 3.8) is 0 Å². The maximum absolute atomic E-state index is 11.2. The monoisotopic (exact) mass is 366 g/mol. The van der Waals surface area contributed by atoms with Gasteiger partial charge >= 0.3 is 6.09 Å². The first kappa shape index (κ1) is 15.3. The number of hydrogen-bond acceptors (Lipinski definition) is 3. The zero-order valence-corrected chi connectivity index (χ0v) is 13.9. The van der Waals surface area contributed by atoms with Crippen LogP contribution in [0.3, 0.4) is 0 Å². The number of aromatic nitrogens is 3. The van der Waals surface area contributed by atoms with E-state index in [-0.39, 0.29) is 12.0 Å². The number of fused-ring (bicyclic) bond motifs is 1. The minimum absolute atomic E-state index is 0.274. The van der Waals surface area contributed by atoms with Gasteiger partial charge in [0.15, 0.2) is 5.65 Å². The van der Waals surface area contributed by atoms with Crippen molar-refractivity contribution in [1.29, 1.82) is 0 Å². The normalized spacial score (nSPS) is 23.4.